The molecular weight excluding hydrogens is 254 g/mol. The van der Waals surface area contributed by atoms with Crippen molar-refractivity contribution in [2.75, 3.05) is 0 Å². The average Bonchev–Trinajstić information content (AvgIpc) is 2.73. The lowest BCUT2D eigenvalue weighted by Crippen LogP contribution is -2.48. The predicted molar refractivity (Wildman–Crippen MR) is 76.1 cm³/mol. The molecule has 19 heavy (non-hydrogen) atoms. The summed E-state index contributed by atoms with van der Waals surface area (Å²) >= 11 is 1.66. The predicted octanol–water partition coefficient (Wildman–Crippen LogP) is 3.64. The lowest BCUT2D eigenvalue weighted by Gasteiger charge is -2.53. The van der Waals surface area contributed by atoms with Crippen LogP contribution in [0.25, 0.3) is 0 Å². The van der Waals surface area contributed by atoms with E-state index in [0.29, 0.717) is 30.0 Å². The summed E-state index contributed by atoms with van der Waals surface area (Å²) in [6.45, 7) is 2.02. The van der Waals surface area contributed by atoms with Crippen LogP contribution in [0.3, 0.4) is 0 Å². The van der Waals surface area contributed by atoms with Gasteiger partial charge in [0.2, 0.25) is 0 Å². The zero-order valence-electron chi connectivity index (χ0n) is 11.5. The van der Waals surface area contributed by atoms with E-state index in [2.05, 4.69) is 10.4 Å². The van der Waals surface area contributed by atoms with Gasteiger partial charge in [0.1, 0.15) is 5.78 Å². The molecule has 4 bridgehead atoms. The second kappa shape index (κ2) is 4.41. The van der Waals surface area contributed by atoms with Crippen LogP contribution in [-0.2, 0) is 11.2 Å². The number of thiazole rings is 1. The number of ketones is 1. The van der Waals surface area contributed by atoms with Crippen LogP contribution in [0, 0.1) is 36.5 Å². The van der Waals surface area contributed by atoms with Crippen molar-refractivity contribution in [1.82, 2.24) is 4.98 Å². The fourth-order valence-corrected chi connectivity index (χ4v) is 5.85. The fourth-order valence-electron chi connectivity index (χ4n) is 5.24. The Balaban J connectivity index is 1.51. The number of carbonyl (C=O) groups is 1. The summed E-state index contributed by atoms with van der Waals surface area (Å²) in [5.74, 6) is 4.18. The van der Waals surface area contributed by atoms with Gasteiger partial charge in [0.15, 0.2) is 0 Å². The van der Waals surface area contributed by atoms with Crippen LogP contribution in [0.5, 0.6) is 0 Å². The quantitative estimate of drug-likeness (QED) is 0.843. The highest BCUT2D eigenvalue weighted by Crippen LogP contribution is 2.56. The van der Waals surface area contributed by atoms with E-state index < -0.39 is 0 Å². The molecule has 0 atom stereocenters. The Hall–Kier alpha value is -0.700. The summed E-state index contributed by atoms with van der Waals surface area (Å²) in [4.78, 5) is 17.1. The van der Waals surface area contributed by atoms with E-state index in [9.17, 15) is 4.79 Å². The molecule has 1 aromatic rings. The minimum Gasteiger partial charge on any atom is -0.299 e. The maximum atomic E-state index is 12.7. The summed E-state index contributed by atoms with van der Waals surface area (Å²) in [6, 6.07) is 0. The third-order valence-electron chi connectivity index (χ3n) is 5.62. The summed E-state index contributed by atoms with van der Waals surface area (Å²) in [5, 5.41) is 3.14. The Morgan fingerprint density at radius 2 is 1.84 bits per heavy atom. The molecule has 0 amide bonds. The van der Waals surface area contributed by atoms with Crippen molar-refractivity contribution in [2.24, 2.45) is 29.6 Å². The van der Waals surface area contributed by atoms with Gasteiger partial charge in [0.05, 0.1) is 10.7 Å². The molecule has 102 valence electrons. The molecule has 4 aliphatic carbocycles. The van der Waals surface area contributed by atoms with E-state index in [4.69, 9.17) is 0 Å². The number of aryl methyl sites for hydroxylation is 1. The monoisotopic (exact) mass is 275 g/mol. The molecule has 3 heteroatoms. The molecule has 0 unspecified atom stereocenters. The van der Waals surface area contributed by atoms with Crippen molar-refractivity contribution in [3.63, 3.8) is 0 Å². The van der Waals surface area contributed by atoms with Crippen LogP contribution in [0.2, 0.25) is 0 Å². The molecular formula is C16H21NOS. The Morgan fingerprint density at radius 1 is 1.21 bits per heavy atom. The van der Waals surface area contributed by atoms with Gasteiger partial charge in [-0.1, -0.05) is 0 Å². The van der Waals surface area contributed by atoms with E-state index in [1.54, 1.807) is 11.3 Å². The number of Topliss-reactive ketones (excluding diaryl/α,β-unsaturated/α-hetero) is 1. The number of rotatable bonds is 3. The first kappa shape index (κ1) is 12.1. The molecule has 0 aliphatic heterocycles. The molecule has 0 N–H and O–H groups in total. The van der Waals surface area contributed by atoms with Crippen molar-refractivity contribution in [3.8, 4) is 0 Å². The second-order valence-corrected chi connectivity index (χ2v) is 8.02. The van der Waals surface area contributed by atoms with Gasteiger partial charge >= 0.3 is 0 Å². The van der Waals surface area contributed by atoms with E-state index in [-0.39, 0.29) is 0 Å². The molecule has 2 nitrogen and oxygen atoms in total. The summed E-state index contributed by atoms with van der Waals surface area (Å²) in [5.41, 5.74) is 1.00. The summed E-state index contributed by atoms with van der Waals surface area (Å²) in [6.07, 6.45) is 7.37. The number of hydrogen-bond acceptors (Lipinski definition) is 3. The first-order valence-corrected chi connectivity index (χ1v) is 8.50. The van der Waals surface area contributed by atoms with Gasteiger partial charge in [0.25, 0.3) is 0 Å². The second-order valence-electron chi connectivity index (χ2n) is 6.96. The number of hydrogen-bond donors (Lipinski definition) is 0. The topological polar surface area (TPSA) is 30.0 Å². The zero-order chi connectivity index (χ0) is 13.0. The average molecular weight is 275 g/mol. The molecule has 0 saturated heterocycles. The Bertz CT molecular complexity index is 479. The molecule has 5 rings (SSSR count). The van der Waals surface area contributed by atoms with Crippen molar-refractivity contribution in [1.29, 1.82) is 0 Å². The fraction of sp³-hybridized carbons (Fsp3) is 0.750. The molecule has 4 aliphatic rings. The zero-order valence-corrected chi connectivity index (χ0v) is 12.3. The largest absolute Gasteiger partial charge is 0.299 e. The lowest BCUT2D eigenvalue weighted by atomic mass is 9.51. The van der Waals surface area contributed by atoms with Crippen molar-refractivity contribution in [2.45, 2.75) is 45.4 Å². The minimum absolute atomic E-state index is 0.370. The van der Waals surface area contributed by atoms with E-state index in [0.717, 1.165) is 22.5 Å². The maximum absolute atomic E-state index is 12.7. The van der Waals surface area contributed by atoms with Gasteiger partial charge in [-0.25, -0.2) is 4.98 Å². The summed E-state index contributed by atoms with van der Waals surface area (Å²) in [7, 11) is 0. The first-order valence-electron chi connectivity index (χ1n) is 7.62. The highest BCUT2D eigenvalue weighted by Gasteiger charge is 2.50. The standard InChI is InChI=1S/C16H21NOS/c1-9-17-14(8-19-9)7-15(18)16-12-3-10-2-11(5-12)6-13(16)4-10/h8,10-13,16H,2-7H2,1H3. The third kappa shape index (κ3) is 2.06. The molecule has 1 heterocycles. The first-order chi connectivity index (χ1) is 9.19. The lowest BCUT2D eigenvalue weighted by molar-refractivity contribution is -0.135. The number of aromatic nitrogens is 1. The van der Waals surface area contributed by atoms with Gasteiger partial charge in [-0.15, -0.1) is 11.3 Å². The van der Waals surface area contributed by atoms with Crippen molar-refractivity contribution in [3.05, 3.63) is 16.1 Å². The Kier molecular flexibility index (Phi) is 2.80. The Labute approximate surface area is 118 Å². The Morgan fingerprint density at radius 3 is 2.37 bits per heavy atom. The van der Waals surface area contributed by atoms with Crippen LogP contribution in [0.15, 0.2) is 5.38 Å². The van der Waals surface area contributed by atoms with E-state index in [1.807, 2.05) is 6.92 Å². The molecule has 0 spiro atoms. The van der Waals surface area contributed by atoms with Gasteiger partial charge in [0, 0.05) is 17.7 Å². The molecule has 0 radical (unpaired) electrons. The van der Waals surface area contributed by atoms with E-state index >= 15 is 0 Å². The smallest absolute Gasteiger partial charge is 0.142 e. The van der Waals surface area contributed by atoms with Gasteiger partial charge in [-0.2, -0.15) is 0 Å². The SMILES string of the molecule is Cc1nc(CC(=O)C2C3CC4CC(C3)CC2C4)cs1. The van der Waals surface area contributed by atoms with Crippen LogP contribution >= 0.6 is 11.3 Å². The molecule has 1 aromatic heterocycles. The highest BCUT2D eigenvalue weighted by molar-refractivity contribution is 7.09. The van der Waals surface area contributed by atoms with Crippen LogP contribution < -0.4 is 0 Å². The van der Waals surface area contributed by atoms with Crippen molar-refractivity contribution >= 4 is 17.1 Å². The van der Waals surface area contributed by atoms with Gasteiger partial charge in [-0.3, -0.25) is 4.79 Å². The van der Waals surface area contributed by atoms with Gasteiger partial charge in [-0.05, 0) is 62.7 Å². The summed E-state index contributed by atoms with van der Waals surface area (Å²) < 4.78 is 0. The molecule has 4 saturated carbocycles. The number of carbonyl (C=O) groups excluding carboxylic acids is 1. The van der Waals surface area contributed by atoms with Crippen LogP contribution in [0.4, 0.5) is 0 Å². The maximum Gasteiger partial charge on any atom is 0.142 e. The van der Waals surface area contributed by atoms with Crippen LogP contribution in [-0.4, -0.2) is 10.8 Å². The van der Waals surface area contributed by atoms with E-state index in [1.165, 1.54) is 32.1 Å². The molecule has 0 aromatic carbocycles. The highest BCUT2D eigenvalue weighted by atomic mass is 32.1. The van der Waals surface area contributed by atoms with Crippen LogP contribution in [0.1, 0.15) is 42.8 Å². The van der Waals surface area contributed by atoms with Gasteiger partial charge < -0.3 is 0 Å². The molecule has 4 fully saturated rings. The minimum atomic E-state index is 0.370. The normalized spacial score (nSPS) is 39.7. The van der Waals surface area contributed by atoms with Crippen molar-refractivity contribution < 1.29 is 4.79 Å². The number of nitrogens with zero attached hydrogens (tertiary/aromatic N) is 1. The third-order valence-corrected chi connectivity index (χ3v) is 6.44.